The number of nitriles is 1. The fourth-order valence-corrected chi connectivity index (χ4v) is 5.45. The van der Waals surface area contributed by atoms with Gasteiger partial charge in [-0.3, -0.25) is 0 Å². The monoisotopic (exact) mass is 452 g/mol. The summed E-state index contributed by atoms with van der Waals surface area (Å²) in [5, 5.41) is 10.8. The molecule has 0 fully saturated rings. The number of hydrogen-bond acceptors (Lipinski definition) is 4. The lowest BCUT2D eigenvalue weighted by Crippen LogP contribution is -1.97. The van der Waals surface area contributed by atoms with Crippen molar-refractivity contribution in [2.45, 2.75) is 17.7 Å². The van der Waals surface area contributed by atoms with Gasteiger partial charge in [-0.2, -0.15) is 17.0 Å². The van der Waals surface area contributed by atoms with Gasteiger partial charge in [0.25, 0.3) is 0 Å². The van der Waals surface area contributed by atoms with E-state index in [-0.39, 0.29) is 0 Å². The van der Waals surface area contributed by atoms with E-state index < -0.39 is 0 Å². The Labute approximate surface area is 198 Å². The molecule has 1 heterocycles. The third-order valence-corrected chi connectivity index (χ3v) is 7.37. The van der Waals surface area contributed by atoms with Crippen molar-refractivity contribution in [3.63, 3.8) is 0 Å². The smallest absolute Gasteiger partial charge is 0.115 e. The third-order valence-electron chi connectivity index (χ3n) is 5.11. The number of pyridine rings is 1. The van der Waals surface area contributed by atoms with Crippen LogP contribution in [-0.2, 0) is 5.75 Å². The zero-order valence-electron chi connectivity index (χ0n) is 18.0. The summed E-state index contributed by atoms with van der Waals surface area (Å²) in [6, 6.07) is 33.5. The molecule has 0 aliphatic heterocycles. The Morgan fingerprint density at radius 3 is 2.19 bits per heavy atom. The van der Waals surface area contributed by atoms with Crippen LogP contribution in [0.4, 0.5) is 0 Å². The molecule has 0 radical (unpaired) electrons. The molecule has 32 heavy (non-hydrogen) atoms. The number of aromatic nitrogens is 1. The van der Waals surface area contributed by atoms with Gasteiger partial charge in [-0.05, 0) is 24.1 Å². The van der Waals surface area contributed by atoms with Crippen molar-refractivity contribution >= 4 is 23.5 Å². The molecule has 0 spiro atoms. The second kappa shape index (κ2) is 11.0. The molecule has 0 aliphatic carbocycles. The summed E-state index contributed by atoms with van der Waals surface area (Å²) >= 11 is 3.58. The van der Waals surface area contributed by atoms with Crippen molar-refractivity contribution in [2.24, 2.45) is 0 Å². The van der Waals surface area contributed by atoms with Crippen LogP contribution in [-0.4, -0.2) is 16.5 Å². The molecular formula is C28H24N2S2. The van der Waals surface area contributed by atoms with E-state index in [0.29, 0.717) is 5.56 Å². The fourth-order valence-electron chi connectivity index (χ4n) is 3.41. The average molecular weight is 453 g/mol. The average Bonchev–Trinajstić information content (AvgIpc) is 2.85. The lowest BCUT2D eigenvalue weighted by Gasteiger charge is -2.13. The van der Waals surface area contributed by atoms with E-state index in [9.17, 15) is 5.26 Å². The van der Waals surface area contributed by atoms with Crippen molar-refractivity contribution in [3.05, 3.63) is 108 Å². The van der Waals surface area contributed by atoms with Gasteiger partial charge in [-0.1, -0.05) is 90.5 Å². The van der Waals surface area contributed by atoms with Gasteiger partial charge < -0.3 is 0 Å². The zero-order chi connectivity index (χ0) is 22.2. The molecule has 4 heteroatoms. The first-order valence-corrected chi connectivity index (χ1v) is 12.7. The van der Waals surface area contributed by atoms with Gasteiger partial charge in [0.2, 0.25) is 0 Å². The predicted molar refractivity (Wildman–Crippen MR) is 138 cm³/mol. The highest BCUT2D eigenvalue weighted by molar-refractivity contribution is 8.02. The molecule has 0 aliphatic rings. The van der Waals surface area contributed by atoms with Crippen LogP contribution in [0.25, 0.3) is 22.4 Å². The van der Waals surface area contributed by atoms with E-state index in [1.54, 1.807) is 11.8 Å². The largest absolute Gasteiger partial charge is 0.240 e. The molecule has 3 aromatic carbocycles. The number of nitrogens with zero attached hydrogens (tertiary/aromatic N) is 2. The Balaban J connectivity index is 1.59. The van der Waals surface area contributed by atoms with E-state index in [2.05, 4.69) is 73.7 Å². The summed E-state index contributed by atoms with van der Waals surface area (Å²) in [5.41, 5.74) is 7.17. The fraction of sp³-hybridized carbons (Fsp3) is 0.143. The molecule has 0 unspecified atom stereocenters. The summed E-state index contributed by atoms with van der Waals surface area (Å²) in [5.74, 6) is 2.91. The van der Waals surface area contributed by atoms with Crippen LogP contribution in [0.1, 0.15) is 16.7 Å². The Kier molecular flexibility index (Phi) is 7.66. The number of benzene rings is 3. The molecule has 0 saturated heterocycles. The normalized spacial score (nSPS) is 10.6. The number of hydrogen-bond donors (Lipinski definition) is 0. The van der Waals surface area contributed by atoms with Gasteiger partial charge in [0, 0.05) is 28.4 Å². The Hall–Kier alpha value is -3.00. The van der Waals surface area contributed by atoms with Crippen molar-refractivity contribution in [2.75, 3.05) is 11.5 Å². The van der Waals surface area contributed by atoms with E-state index >= 15 is 0 Å². The van der Waals surface area contributed by atoms with Crippen molar-refractivity contribution in [3.8, 4) is 28.5 Å². The first-order valence-electron chi connectivity index (χ1n) is 10.6. The Bertz CT molecular complexity index is 1200. The van der Waals surface area contributed by atoms with Gasteiger partial charge in [0.05, 0.1) is 11.3 Å². The molecule has 4 aromatic rings. The first-order chi connectivity index (χ1) is 15.7. The Morgan fingerprint density at radius 2 is 1.50 bits per heavy atom. The highest BCUT2D eigenvalue weighted by atomic mass is 32.2. The molecule has 0 atom stereocenters. The molecule has 0 saturated carbocycles. The van der Waals surface area contributed by atoms with Gasteiger partial charge in [-0.25, -0.2) is 4.98 Å². The van der Waals surface area contributed by atoms with Crippen LogP contribution in [0.15, 0.2) is 96.0 Å². The van der Waals surface area contributed by atoms with Gasteiger partial charge in [0.1, 0.15) is 11.1 Å². The molecule has 1 aromatic heterocycles. The van der Waals surface area contributed by atoms with Crippen LogP contribution in [0.2, 0.25) is 0 Å². The minimum absolute atomic E-state index is 0.658. The van der Waals surface area contributed by atoms with Crippen LogP contribution in [0.5, 0.6) is 0 Å². The van der Waals surface area contributed by atoms with Gasteiger partial charge >= 0.3 is 0 Å². The second-order valence-corrected chi connectivity index (χ2v) is 9.65. The topological polar surface area (TPSA) is 36.7 Å². The molecule has 0 bridgehead atoms. The minimum atomic E-state index is 0.658. The number of thioether (sulfide) groups is 2. The number of aryl methyl sites for hydroxylation is 1. The molecule has 158 valence electrons. The maximum atomic E-state index is 10.0. The van der Waals surface area contributed by atoms with E-state index in [0.717, 1.165) is 44.7 Å². The zero-order valence-corrected chi connectivity index (χ0v) is 19.6. The molecule has 0 amide bonds. The summed E-state index contributed by atoms with van der Waals surface area (Å²) in [6.07, 6.45) is 0. The molecule has 2 nitrogen and oxygen atoms in total. The van der Waals surface area contributed by atoms with Crippen LogP contribution in [0, 0.1) is 18.3 Å². The minimum Gasteiger partial charge on any atom is -0.240 e. The van der Waals surface area contributed by atoms with E-state index in [4.69, 9.17) is 4.98 Å². The van der Waals surface area contributed by atoms with E-state index in [1.165, 1.54) is 11.1 Å². The van der Waals surface area contributed by atoms with Crippen LogP contribution >= 0.6 is 23.5 Å². The van der Waals surface area contributed by atoms with Crippen LogP contribution in [0.3, 0.4) is 0 Å². The summed E-state index contributed by atoms with van der Waals surface area (Å²) in [7, 11) is 0. The van der Waals surface area contributed by atoms with Gasteiger partial charge in [-0.15, -0.1) is 11.8 Å². The predicted octanol–water partition coefficient (Wildman–Crippen LogP) is 7.62. The SMILES string of the molecule is Cc1ccc(-c2cc(-c3ccccc3)c(C#N)c(SCCSCc3ccccc3)n2)cc1. The summed E-state index contributed by atoms with van der Waals surface area (Å²) < 4.78 is 0. The maximum Gasteiger partial charge on any atom is 0.115 e. The lowest BCUT2D eigenvalue weighted by atomic mass is 9.99. The van der Waals surface area contributed by atoms with Gasteiger partial charge in [0.15, 0.2) is 0 Å². The molecular weight excluding hydrogens is 428 g/mol. The maximum absolute atomic E-state index is 10.0. The second-order valence-electron chi connectivity index (χ2n) is 7.47. The quantitative estimate of drug-likeness (QED) is 0.203. The summed E-state index contributed by atoms with van der Waals surface area (Å²) in [4.78, 5) is 4.92. The van der Waals surface area contributed by atoms with E-state index in [1.807, 2.05) is 42.1 Å². The highest BCUT2D eigenvalue weighted by Crippen LogP contribution is 2.34. The lowest BCUT2D eigenvalue weighted by molar-refractivity contribution is 1.12. The van der Waals surface area contributed by atoms with Crippen LogP contribution < -0.4 is 0 Å². The Morgan fingerprint density at radius 1 is 0.812 bits per heavy atom. The van der Waals surface area contributed by atoms with Crippen molar-refractivity contribution in [1.82, 2.24) is 4.98 Å². The first kappa shape index (κ1) is 22.2. The summed E-state index contributed by atoms with van der Waals surface area (Å²) in [6.45, 7) is 2.08. The molecule has 4 rings (SSSR count). The third kappa shape index (κ3) is 5.62. The molecule has 0 N–H and O–H groups in total. The number of rotatable bonds is 8. The van der Waals surface area contributed by atoms with Crippen molar-refractivity contribution in [1.29, 1.82) is 5.26 Å². The van der Waals surface area contributed by atoms with Crippen molar-refractivity contribution < 1.29 is 0 Å². The standard InChI is InChI=1S/C28H24N2S2/c1-21-12-14-24(15-13-21)27-18-25(23-10-6-3-7-11-23)26(19-29)28(30-27)32-17-16-31-20-22-8-4-2-5-9-22/h2-15,18H,16-17,20H2,1H3. The highest BCUT2D eigenvalue weighted by Gasteiger charge is 2.15.